The Bertz CT molecular complexity index is 1180. The molecule has 0 N–H and O–H groups in total. The fourth-order valence-electron chi connectivity index (χ4n) is 2.98. The lowest BCUT2D eigenvalue weighted by molar-refractivity contribution is 1.32. The molecule has 0 radical (unpaired) electrons. The van der Waals surface area contributed by atoms with Gasteiger partial charge in [-0.25, -0.2) is 4.98 Å². The van der Waals surface area contributed by atoms with Crippen LogP contribution in [0.5, 0.6) is 0 Å². The maximum Gasteiger partial charge on any atom is 0.143 e. The average Bonchev–Trinajstić information content (AvgIpc) is 3.00. The van der Waals surface area contributed by atoms with E-state index in [9.17, 15) is 0 Å². The maximum atomic E-state index is 4.67. The Morgan fingerprint density at radius 2 is 1.65 bits per heavy atom. The zero-order chi connectivity index (χ0) is 15.2. The van der Waals surface area contributed by atoms with Crippen LogP contribution in [-0.2, 0) is 0 Å². The van der Waals surface area contributed by atoms with E-state index >= 15 is 0 Å². The lowest BCUT2D eigenvalue weighted by atomic mass is 10.0. The van der Waals surface area contributed by atoms with Crippen LogP contribution in [0, 0.1) is 0 Å². The van der Waals surface area contributed by atoms with E-state index in [0.29, 0.717) is 0 Å². The zero-order valence-electron chi connectivity index (χ0n) is 12.1. The second kappa shape index (κ2) is 4.83. The molecule has 0 atom stereocenters. The van der Waals surface area contributed by atoms with Crippen molar-refractivity contribution in [2.45, 2.75) is 0 Å². The summed E-state index contributed by atoms with van der Waals surface area (Å²) >= 11 is 1.67. The first-order valence-corrected chi connectivity index (χ1v) is 8.19. The highest BCUT2D eigenvalue weighted by Crippen LogP contribution is 2.37. The molecule has 23 heavy (non-hydrogen) atoms. The SMILES string of the molecule is c1ccc2cc(-c3cccc4sc5nccnc5c34)ncc2c1. The molecule has 5 rings (SSSR count). The predicted octanol–water partition coefficient (Wildman–Crippen LogP) is 5.06. The third-order valence-electron chi connectivity index (χ3n) is 4.04. The minimum Gasteiger partial charge on any atom is -0.256 e. The van der Waals surface area contributed by atoms with Crippen molar-refractivity contribution in [3.63, 3.8) is 0 Å². The van der Waals surface area contributed by atoms with E-state index in [0.717, 1.165) is 32.4 Å². The first-order chi connectivity index (χ1) is 11.4. The standard InChI is InChI=1S/C19H11N3S/c1-2-5-13-11-22-15(10-12(13)4-1)14-6-3-7-16-17(14)18-19(23-16)21-9-8-20-18/h1-11H. The number of hydrogen-bond acceptors (Lipinski definition) is 4. The Morgan fingerprint density at radius 1 is 0.783 bits per heavy atom. The van der Waals surface area contributed by atoms with Gasteiger partial charge in [0.1, 0.15) is 10.3 Å². The molecule has 0 unspecified atom stereocenters. The van der Waals surface area contributed by atoms with E-state index in [1.54, 1.807) is 23.7 Å². The molecule has 0 spiro atoms. The molecule has 3 heterocycles. The van der Waals surface area contributed by atoms with Crippen molar-refractivity contribution in [1.29, 1.82) is 0 Å². The number of fused-ring (bicyclic) bond motifs is 4. The molecule has 3 nitrogen and oxygen atoms in total. The topological polar surface area (TPSA) is 38.7 Å². The minimum atomic E-state index is 0.957. The normalized spacial score (nSPS) is 11.5. The number of aromatic nitrogens is 3. The molecule has 0 saturated heterocycles. The van der Waals surface area contributed by atoms with Crippen LogP contribution in [0.3, 0.4) is 0 Å². The lowest BCUT2D eigenvalue weighted by Crippen LogP contribution is -1.86. The summed E-state index contributed by atoms with van der Waals surface area (Å²) < 4.78 is 1.19. The number of hydrogen-bond donors (Lipinski definition) is 0. The van der Waals surface area contributed by atoms with Crippen molar-refractivity contribution in [2.75, 3.05) is 0 Å². The molecule has 0 fully saturated rings. The summed E-state index contributed by atoms with van der Waals surface area (Å²) in [4.78, 5) is 14.6. The monoisotopic (exact) mass is 313 g/mol. The van der Waals surface area contributed by atoms with Crippen LogP contribution in [0.4, 0.5) is 0 Å². The van der Waals surface area contributed by atoms with Crippen molar-refractivity contribution in [3.05, 3.63) is 67.1 Å². The molecule has 0 aliphatic rings. The van der Waals surface area contributed by atoms with Crippen LogP contribution >= 0.6 is 11.3 Å². The Balaban J connectivity index is 1.87. The van der Waals surface area contributed by atoms with Crippen LogP contribution in [0.15, 0.2) is 67.1 Å². The Hall–Kier alpha value is -2.85. The smallest absolute Gasteiger partial charge is 0.143 e. The van der Waals surface area contributed by atoms with E-state index in [1.165, 1.54) is 10.1 Å². The lowest BCUT2D eigenvalue weighted by Gasteiger charge is -2.05. The summed E-state index contributed by atoms with van der Waals surface area (Å²) in [6, 6.07) is 16.7. The van der Waals surface area contributed by atoms with Crippen molar-refractivity contribution in [2.24, 2.45) is 0 Å². The summed E-state index contributed by atoms with van der Waals surface area (Å²) in [5.74, 6) is 0. The molecular weight excluding hydrogens is 302 g/mol. The second-order valence-electron chi connectivity index (χ2n) is 5.41. The number of nitrogens with zero attached hydrogens (tertiary/aromatic N) is 3. The van der Waals surface area contributed by atoms with Crippen molar-refractivity contribution >= 4 is 42.5 Å². The van der Waals surface area contributed by atoms with Crippen LogP contribution in [0.2, 0.25) is 0 Å². The number of rotatable bonds is 1. The summed E-state index contributed by atoms with van der Waals surface area (Å²) in [6.07, 6.45) is 5.43. The Morgan fingerprint density at radius 3 is 2.61 bits per heavy atom. The van der Waals surface area contributed by atoms with Crippen LogP contribution < -0.4 is 0 Å². The van der Waals surface area contributed by atoms with E-state index in [1.807, 2.05) is 12.3 Å². The highest BCUT2D eigenvalue weighted by molar-refractivity contribution is 7.25. The second-order valence-corrected chi connectivity index (χ2v) is 6.44. The minimum absolute atomic E-state index is 0.957. The van der Waals surface area contributed by atoms with Gasteiger partial charge in [0, 0.05) is 39.6 Å². The van der Waals surface area contributed by atoms with E-state index < -0.39 is 0 Å². The van der Waals surface area contributed by atoms with Gasteiger partial charge in [-0.05, 0) is 17.5 Å². The van der Waals surface area contributed by atoms with E-state index in [4.69, 9.17) is 0 Å². The van der Waals surface area contributed by atoms with Gasteiger partial charge < -0.3 is 0 Å². The highest BCUT2D eigenvalue weighted by Gasteiger charge is 2.13. The van der Waals surface area contributed by atoms with Crippen LogP contribution in [-0.4, -0.2) is 15.0 Å². The quantitative estimate of drug-likeness (QED) is 0.434. The van der Waals surface area contributed by atoms with E-state index in [2.05, 4.69) is 57.4 Å². The van der Waals surface area contributed by atoms with Gasteiger partial charge in [0.05, 0.1) is 5.69 Å². The molecule has 0 aliphatic heterocycles. The van der Waals surface area contributed by atoms with Gasteiger partial charge in [0.25, 0.3) is 0 Å². The third kappa shape index (κ3) is 1.92. The summed E-state index contributed by atoms with van der Waals surface area (Å²) in [6.45, 7) is 0. The maximum absolute atomic E-state index is 4.67. The van der Waals surface area contributed by atoms with Gasteiger partial charge in [-0.15, -0.1) is 11.3 Å². The van der Waals surface area contributed by atoms with Gasteiger partial charge in [0.2, 0.25) is 0 Å². The molecular formula is C19H11N3S. The van der Waals surface area contributed by atoms with Crippen molar-refractivity contribution < 1.29 is 0 Å². The van der Waals surface area contributed by atoms with Crippen molar-refractivity contribution in [3.8, 4) is 11.3 Å². The first kappa shape index (κ1) is 12.7. The zero-order valence-corrected chi connectivity index (χ0v) is 12.9. The highest BCUT2D eigenvalue weighted by atomic mass is 32.1. The molecule has 108 valence electrons. The Kier molecular flexibility index (Phi) is 2.66. The summed E-state index contributed by atoms with van der Waals surface area (Å²) in [7, 11) is 0. The van der Waals surface area contributed by atoms with Crippen LogP contribution in [0.25, 0.3) is 42.5 Å². The fourth-order valence-corrected chi connectivity index (χ4v) is 4.01. The summed E-state index contributed by atoms with van der Waals surface area (Å²) in [5.41, 5.74) is 3.04. The molecule has 0 saturated carbocycles. The fraction of sp³-hybridized carbons (Fsp3) is 0. The van der Waals surface area contributed by atoms with E-state index in [-0.39, 0.29) is 0 Å². The molecule has 0 bridgehead atoms. The Labute approximate surface area is 136 Å². The van der Waals surface area contributed by atoms with Gasteiger partial charge >= 0.3 is 0 Å². The third-order valence-corrected chi connectivity index (χ3v) is 5.09. The number of benzene rings is 2. The van der Waals surface area contributed by atoms with Crippen molar-refractivity contribution in [1.82, 2.24) is 15.0 Å². The molecule has 0 amide bonds. The molecule has 5 aromatic rings. The van der Waals surface area contributed by atoms with Gasteiger partial charge in [-0.1, -0.05) is 36.4 Å². The molecule has 4 heteroatoms. The van der Waals surface area contributed by atoms with Gasteiger partial charge in [-0.2, -0.15) is 0 Å². The molecule has 3 aromatic heterocycles. The molecule has 0 aliphatic carbocycles. The first-order valence-electron chi connectivity index (χ1n) is 7.37. The van der Waals surface area contributed by atoms with Gasteiger partial charge in [-0.3, -0.25) is 9.97 Å². The predicted molar refractivity (Wildman–Crippen MR) is 95.7 cm³/mol. The largest absolute Gasteiger partial charge is 0.256 e. The summed E-state index contributed by atoms with van der Waals surface area (Å²) in [5, 5.41) is 3.49. The number of thiophene rings is 1. The average molecular weight is 313 g/mol. The van der Waals surface area contributed by atoms with Crippen LogP contribution in [0.1, 0.15) is 0 Å². The number of pyridine rings is 1. The molecule has 2 aromatic carbocycles. The van der Waals surface area contributed by atoms with Gasteiger partial charge in [0.15, 0.2) is 0 Å².